The lowest BCUT2D eigenvalue weighted by Crippen LogP contribution is -2.04. The second-order valence-electron chi connectivity index (χ2n) is 7.12. The van der Waals surface area contributed by atoms with Crippen LogP contribution >= 0.6 is 11.6 Å². The molecule has 2 N–H and O–H groups in total. The van der Waals surface area contributed by atoms with E-state index in [0.717, 1.165) is 30.7 Å². The zero-order valence-electron chi connectivity index (χ0n) is 16.0. The molecule has 0 aliphatic carbocycles. The zero-order chi connectivity index (χ0) is 19.8. The normalized spacial score (nSPS) is 11.1. The van der Waals surface area contributed by atoms with E-state index in [4.69, 9.17) is 21.8 Å². The standard InChI is InChI=1S/C25H27ClO2/c26-24-15-13-23(14-16-24)25(21-9-5-19(6-10-21)3-1-17-27)22-11-7-20(8-12-22)4-2-18-28/h5-16,25,27-28H,1-4,17-18H2. The van der Waals surface area contributed by atoms with Gasteiger partial charge in [-0.2, -0.15) is 0 Å². The molecule has 0 spiro atoms. The van der Waals surface area contributed by atoms with Crippen molar-refractivity contribution >= 4 is 11.6 Å². The summed E-state index contributed by atoms with van der Waals surface area (Å²) < 4.78 is 0. The van der Waals surface area contributed by atoms with E-state index in [1.54, 1.807) is 0 Å². The van der Waals surface area contributed by atoms with E-state index < -0.39 is 0 Å². The van der Waals surface area contributed by atoms with Crippen LogP contribution in [0.4, 0.5) is 0 Å². The van der Waals surface area contributed by atoms with Crippen molar-refractivity contribution < 1.29 is 10.2 Å². The summed E-state index contributed by atoms with van der Waals surface area (Å²) >= 11 is 6.11. The highest BCUT2D eigenvalue weighted by Gasteiger charge is 2.17. The third-order valence-corrected chi connectivity index (χ3v) is 5.33. The lowest BCUT2D eigenvalue weighted by Gasteiger charge is -2.20. The number of halogens is 1. The molecule has 2 nitrogen and oxygen atoms in total. The molecule has 0 heterocycles. The molecule has 0 unspecified atom stereocenters. The van der Waals surface area contributed by atoms with Crippen LogP contribution in [0.5, 0.6) is 0 Å². The Morgan fingerprint density at radius 2 is 0.929 bits per heavy atom. The summed E-state index contributed by atoms with van der Waals surface area (Å²) in [6.45, 7) is 0.440. The van der Waals surface area contributed by atoms with E-state index in [2.05, 4.69) is 60.7 Å². The van der Waals surface area contributed by atoms with Crippen LogP contribution < -0.4 is 0 Å². The summed E-state index contributed by atoms with van der Waals surface area (Å²) in [6, 6.07) is 25.4. The number of aliphatic hydroxyl groups is 2. The molecule has 0 saturated carbocycles. The third kappa shape index (κ3) is 5.45. The first-order valence-corrected chi connectivity index (χ1v) is 10.2. The van der Waals surface area contributed by atoms with Gasteiger partial charge in [0.15, 0.2) is 0 Å². The Bertz CT molecular complexity index is 788. The van der Waals surface area contributed by atoms with Crippen LogP contribution in [0, 0.1) is 0 Å². The van der Waals surface area contributed by atoms with Crippen molar-refractivity contribution in [1.29, 1.82) is 0 Å². The topological polar surface area (TPSA) is 40.5 Å². The lowest BCUT2D eigenvalue weighted by molar-refractivity contribution is 0.288. The Morgan fingerprint density at radius 3 is 1.29 bits per heavy atom. The fraction of sp³-hybridized carbons (Fsp3) is 0.280. The van der Waals surface area contributed by atoms with E-state index in [0.29, 0.717) is 0 Å². The Kier molecular flexibility index (Phi) is 7.67. The highest BCUT2D eigenvalue weighted by atomic mass is 35.5. The molecule has 3 aromatic rings. The van der Waals surface area contributed by atoms with Crippen LogP contribution in [-0.4, -0.2) is 23.4 Å². The van der Waals surface area contributed by atoms with Gasteiger partial charge in [-0.05, 0) is 65.6 Å². The fourth-order valence-electron chi connectivity index (χ4n) is 3.55. The van der Waals surface area contributed by atoms with Crippen LogP contribution in [0.25, 0.3) is 0 Å². The summed E-state index contributed by atoms with van der Waals surface area (Å²) in [4.78, 5) is 0. The average Bonchev–Trinajstić information content (AvgIpc) is 2.74. The lowest BCUT2D eigenvalue weighted by atomic mass is 9.84. The van der Waals surface area contributed by atoms with E-state index >= 15 is 0 Å². The van der Waals surface area contributed by atoms with Gasteiger partial charge >= 0.3 is 0 Å². The summed E-state index contributed by atoms with van der Waals surface area (Å²) in [6.07, 6.45) is 3.36. The van der Waals surface area contributed by atoms with Crippen molar-refractivity contribution in [3.63, 3.8) is 0 Å². The second-order valence-corrected chi connectivity index (χ2v) is 7.56. The van der Waals surface area contributed by atoms with Crippen LogP contribution in [0.2, 0.25) is 5.02 Å². The molecule has 0 amide bonds. The molecule has 146 valence electrons. The number of rotatable bonds is 9. The maximum atomic E-state index is 9.04. The van der Waals surface area contributed by atoms with E-state index in [9.17, 15) is 0 Å². The van der Waals surface area contributed by atoms with Gasteiger partial charge in [-0.1, -0.05) is 72.3 Å². The molecule has 0 radical (unpaired) electrons. The van der Waals surface area contributed by atoms with Gasteiger partial charge in [0.2, 0.25) is 0 Å². The average molecular weight is 395 g/mol. The zero-order valence-corrected chi connectivity index (χ0v) is 16.8. The second kappa shape index (κ2) is 10.4. The van der Waals surface area contributed by atoms with Crippen molar-refractivity contribution in [2.75, 3.05) is 13.2 Å². The molecule has 28 heavy (non-hydrogen) atoms. The minimum absolute atomic E-state index is 0.135. The van der Waals surface area contributed by atoms with Gasteiger partial charge < -0.3 is 10.2 Å². The first-order valence-electron chi connectivity index (χ1n) is 9.86. The first kappa shape index (κ1) is 20.6. The molecular weight excluding hydrogens is 368 g/mol. The van der Waals surface area contributed by atoms with Gasteiger partial charge in [-0.15, -0.1) is 0 Å². The van der Waals surface area contributed by atoms with Gasteiger partial charge in [-0.3, -0.25) is 0 Å². The van der Waals surface area contributed by atoms with Crippen molar-refractivity contribution in [3.8, 4) is 0 Å². The molecule has 3 heteroatoms. The van der Waals surface area contributed by atoms with Crippen LogP contribution in [-0.2, 0) is 12.8 Å². The number of hydrogen-bond acceptors (Lipinski definition) is 2. The van der Waals surface area contributed by atoms with Crippen molar-refractivity contribution in [2.45, 2.75) is 31.6 Å². The quantitative estimate of drug-likeness (QED) is 0.479. The highest BCUT2D eigenvalue weighted by molar-refractivity contribution is 6.30. The fourth-order valence-corrected chi connectivity index (χ4v) is 3.68. The molecule has 0 saturated heterocycles. The largest absolute Gasteiger partial charge is 0.396 e. The van der Waals surface area contributed by atoms with E-state index in [1.807, 2.05) is 12.1 Å². The molecule has 0 fully saturated rings. The van der Waals surface area contributed by atoms with Crippen LogP contribution in [0.15, 0.2) is 72.8 Å². The first-order chi connectivity index (χ1) is 13.7. The van der Waals surface area contributed by atoms with Gasteiger partial charge in [0.05, 0.1) is 0 Å². The molecule has 0 atom stereocenters. The predicted octanol–water partition coefficient (Wildman–Crippen LogP) is 5.37. The minimum atomic E-state index is 0.135. The molecule has 0 aliphatic rings. The number of hydrogen-bond donors (Lipinski definition) is 2. The van der Waals surface area contributed by atoms with Crippen LogP contribution in [0.3, 0.4) is 0 Å². The minimum Gasteiger partial charge on any atom is -0.396 e. The van der Waals surface area contributed by atoms with Crippen molar-refractivity contribution in [3.05, 3.63) is 106 Å². The van der Waals surface area contributed by atoms with Gasteiger partial charge in [0.25, 0.3) is 0 Å². The van der Waals surface area contributed by atoms with Crippen molar-refractivity contribution in [2.24, 2.45) is 0 Å². The van der Waals surface area contributed by atoms with E-state index in [1.165, 1.54) is 27.8 Å². The Hall–Kier alpha value is -2.13. The summed E-state index contributed by atoms with van der Waals surface area (Å²) in [5.74, 6) is 0.135. The summed E-state index contributed by atoms with van der Waals surface area (Å²) in [5.41, 5.74) is 6.16. The molecule has 0 aliphatic heterocycles. The number of benzene rings is 3. The Balaban J connectivity index is 1.92. The van der Waals surface area contributed by atoms with Gasteiger partial charge in [0, 0.05) is 24.2 Å². The molecule has 0 aromatic heterocycles. The van der Waals surface area contributed by atoms with Crippen molar-refractivity contribution in [1.82, 2.24) is 0 Å². The molecular formula is C25H27ClO2. The Labute approximate surface area is 172 Å². The van der Waals surface area contributed by atoms with Gasteiger partial charge in [-0.25, -0.2) is 0 Å². The summed E-state index contributed by atoms with van der Waals surface area (Å²) in [5, 5.41) is 18.8. The number of aryl methyl sites for hydroxylation is 2. The van der Waals surface area contributed by atoms with E-state index in [-0.39, 0.29) is 19.1 Å². The SMILES string of the molecule is OCCCc1ccc(C(c2ccc(Cl)cc2)c2ccc(CCCO)cc2)cc1. The Morgan fingerprint density at radius 1 is 0.571 bits per heavy atom. The number of aliphatic hydroxyl groups excluding tert-OH is 2. The monoisotopic (exact) mass is 394 g/mol. The molecule has 3 aromatic carbocycles. The smallest absolute Gasteiger partial charge is 0.0434 e. The third-order valence-electron chi connectivity index (χ3n) is 5.08. The molecule has 3 rings (SSSR count). The van der Waals surface area contributed by atoms with Gasteiger partial charge in [0.1, 0.15) is 0 Å². The van der Waals surface area contributed by atoms with Crippen LogP contribution in [0.1, 0.15) is 46.6 Å². The summed E-state index contributed by atoms with van der Waals surface area (Å²) in [7, 11) is 0. The molecule has 0 bridgehead atoms. The predicted molar refractivity (Wildman–Crippen MR) is 116 cm³/mol. The maximum Gasteiger partial charge on any atom is 0.0434 e. The highest BCUT2D eigenvalue weighted by Crippen LogP contribution is 2.33. The maximum absolute atomic E-state index is 9.04.